The van der Waals surface area contributed by atoms with Crippen LogP contribution in [-0.4, -0.2) is 14.2 Å². The normalized spacial score (nSPS) is 9.77. The van der Waals surface area contributed by atoms with Gasteiger partial charge >= 0.3 is 0 Å². The summed E-state index contributed by atoms with van der Waals surface area (Å²) >= 11 is 5.52. The van der Waals surface area contributed by atoms with E-state index in [1.807, 2.05) is 18.2 Å². The fourth-order valence-corrected chi connectivity index (χ4v) is 1.25. The van der Waals surface area contributed by atoms with E-state index in [1.54, 1.807) is 20.1 Å². The Hall–Kier alpha value is -0.890. The van der Waals surface area contributed by atoms with Crippen LogP contribution in [0.4, 0.5) is 0 Å². The molecular weight excluding hydrogens is 188 g/mol. The van der Waals surface area contributed by atoms with Gasteiger partial charge in [0.2, 0.25) is 0 Å². The molecule has 1 radical (unpaired) electrons. The Morgan fingerprint density at radius 3 is 2.08 bits per heavy atom. The lowest BCUT2D eigenvalue weighted by atomic mass is 10.1. The minimum atomic E-state index is 0.703. The lowest BCUT2D eigenvalue weighted by molar-refractivity contribution is 0.393. The Morgan fingerprint density at radius 1 is 1.15 bits per heavy atom. The molecule has 1 aromatic rings. The van der Waals surface area contributed by atoms with Crippen molar-refractivity contribution in [2.45, 2.75) is 6.42 Å². The molecule has 0 N–H and O–H groups in total. The average molecular weight is 200 g/mol. The smallest absolute Gasteiger partial charge is 0.122 e. The molecule has 0 spiro atoms. The predicted molar refractivity (Wildman–Crippen MR) is 53.4 cm³/mol. The van der Waals surface area contributed by atoms with Crippen molar-refractivity contribution < 1.29 is 9.47 Å². The van der Waals surface area contributed by atoms with Gasteiger partial charge in [-0.1, -0.05) is 0 Å². The van der Waals surface area contributed by atoms with E-state index in [0.717, 1.165) is 17.1 Å². The van der Waals surface area contributed by atoms with Crippen LogP contribution in [0.2, 0.25) is 0 Å². The van der Waals surface area contributed by atoms with E-state index < -0.39 is 0 Å². The highest BCUT2D eigenvalue weighted by Gasteiger charge is 2.00. The van der Waals surface area contributed by atoms with Crippen molar-refractivity contribution in [3.05, 3.63) is 29.6 Å². The molecule has 13 heavy (non-hydrogen) atoms. The minimum absolute atomic E-state index is 0.703. The summed E-state index contributed by atoms with van der Waals surface area (Å²) in [5.74, 6) is 3.15. The van der Waals surface area contributed by atoms with Crippen LogP contribution in [0.15, 0.2) is 18.2 Å². The zero-order valence-corrected chi connectivity index (χ0v) is 8.47. The van der Waals surface area contributed by atoms with Crippen LogP contribution in [0.25, 0.3) is 0 Å². The minimum Gasteiger partial charge on any atom is -0.497 e. The molecule has 1 aromatic carbocycles. The number of rotatable bonds is 4. The van der Waals surface area contributed by atoms with Crippen LogP contribution in [-0.2, 0) is 6.42 Å². The number of halogens is 1. The van der Waals surface area contributed by atoms with Gasteiger partial charge in [0, 0.05) is 6.07 Å². The topological polar surface area (TPSA) is 18.5 Å². The first-order valence-corrected chi connectivity index (χ1v) is 4.37. The van der Waals surface area contributed by atoms with E-state index in [9.17, 15) is 0 Å². The van der Waals surface area contributed by atoms with Gasteiger partial charge in [0.1, 0.15) is 11.5 Å². The number of hydrogen-bond donors (Lipinski definition) is 0. The van der Waals surface area contributed by atoms with Gasteiger partial charge in [-0.2, -0.15) is 0 Å². The molecule has 0 saturated heterocycles. The van der Waals surface area contributed by atoms with Gasteiger partial charge in [-0.15, -0.1) is 11.6 Å². The summed E-state index contributed by atoms with van der Waals surface area (Å²) in [5.41, 5.74) is 1.08. The molecule has 0 atom stereocenters. The Labute approximate surface area is 83.4 Å². The maximum atomic E-state index is 5.52. The largest absolute Gasteiger partial charge is 0.497 e. The van der Waals surface area contributed by atoms with Crippen molar-refractivity contribution in [2.75, 3.05) is 14.2 Å². The highest BCUT2D eigenvalue weighted by molar-refractivity contribution is 6.23. The molecule has 0 aliphatic heterocycles. The second-order valence-corrected chi connectivity index (χ2v) is 2.89. The van der Waals surface area contributed by atoms with E-state index in [0.29, 0.717) is 6.42 Å². The van der Waals surface area contributed by atoms with E-state index in [2.05, 4.69) is 0 Å². The van der Waals surface area contributed by atoms with Gasteiger partial charge in [0.05, 0.1) is 20.1 Å². The first-order chi connectivity index (χ1) is 6.30. The summed E-state index contributed by atoms with van der Waals surface area (Å²) in [4.78, 5) is 0. The van der Waals surface area contributed by atoms with E-state index >= 15 is 0 Å². The zero-order valence-electron chi connectivity index (χ0n) is 7.71. The van der Waals surface area contributed by atoms with Gasteiger partial charge < -0.3 is 9.47 Å². The number of ether oxygens (including phenoxy) is 2. The van der Waals surface area contributed by atoms with Crippen LogP contribution in [0.1, 0.15) is 5.56 Å². The van der Waals surface area contributed by atoms with Crippen LogP contribution >= 0.6 is 11.6 Å². The molecule has 0 fully saturated rings. The third-order valence-electron chi connectivity index (χ3n) is 1.72. The molecule has 0 unspecified atom stereocenters. The monoisotopic (exact) mass is 199 g/mol. The second kappa shape index (κ2) is 4.97. The maximum Gasteiger partial charge on any atom is 0.122 e. The van der Waals surface area contributed by atoms with E-state index in [4.69, 9.17) is 21.1 Å². The Balaban J connectivity index is 2.93. The standard InChI is InChI=1S/C10H12ClO2/c1-12-9-5-8(3-4-11)6-10(7-9)13-2/h4-7H,3H2,1-2H3. The summed E-state index contributed by atoms with van der Waals surface area (Å²) in [6.45, 7) is 0. The lowest BCUT2D eigenvalue weighted by Crippen LogP contribution is -1.90. The van der Waals surface area contributed by atoms with Crippen molar-refractivity contribution in [3.63, 3.8) is 0 Å². The number of hydrogen-bond acceptors (Lipinski definition) is 2. The summed E-state index contributed by atoms with van der Waals surface area (Å²) in [5, 5.41) is 0. The zero-order chi connectivity index (χ0) is 9.68. The molecule has 0 amide bonds. The molecule has 0 saturated carbocycles. The first-order valence-electron chi connectivity index (χ1n) is 3.94. The number of methoxy groups -OCH3 is 2. The molecule has 0 heterocycles. The van der Waals surface area contributed by atoms with Gasteiger partial charge in [0.25, 0.3) is 0 Å². The van der Waals surface area contributed by atoms with Crippen LogP contribution < -0.4 is 9.47 Å². The molecular formula is C10H12ClO2. The summed E-state index contributed by atoms with van der Waals surface area (Å²) in [6, 6.07) is 5.69. The Bertz CT molecular complexity index is 251. The molecule has 71 valence electrons. The Morgan fingerprint density at radius 2 is 1.69 bits per heavy atom. The quantitative estimate of drug-likeness (QED) is 0.742. The lowest BCUT2D eigenvalue weighted by Gasteiger charge is -2.06. The third-order valence-corrected chi connectivity index (χ3v) is 1.88. The third kappa shape index (κ3) is 2.81. The van der Waals surface area contributed by atoms with Crippen molar-refractivity contribution in [1.29, 1.82) is 0 Å². The summed E-state index contributed by atoms with van der Waals surface area (Å²) in [7, 11) is 3.26. The molecule has 0 aliphatic carbocycles. The van der Waals surface area contributed by atoms with Crippen molar-refractivity contribution >= 4 is 11.6 Å². The van der Waals surface area contributed by atoms with E-state index in [1.165, 1.54) is 0 Å². The molecule has 3 heteroatoms. The van der Waals surface area contributed by atoms with Crippen LogP contribution in [0.3, 0.4) is 0 Å². The van der Waals surface area contributed by atoms with Gasteiger partial charge in [-0.3, -0.25) is 0 Å². The van der Waals surface area contributed by atoms with E-state index in [-0.39, 0.29) is 0 Å². The maximum absolute atomic E-state index is 5.52. The Kier molecular flexibility index (Phi) is 3.90. The van der Waals surface area contributed by atoms with Crippen molar-refractivity contribution in [1.82, 2.24) is 0 Å². The fourth-order valence-electron chi connectivity index (χ4n) is 1.07. The van der Waals surface area contributed by atoms with Crippen molar-refractivity contribution in [2.24, 2.45) is 0 Å². The predicted octanol–water partition coefficient (Wildman–Crippen LogP) is 2.65. The highest BCUT2D eigenvalue weighted by atomic mass is 35.5. The van der Waals surface area contributed by atoms with Crippen LogP contribution in [0.5, 0.6) is 11.5 Å². The molecule has 0 bridgehead atoms. The van der Waals surface area contributed by atoms with Gasteiger partial charge in [-0.05, 0) is 24.1 Å². The highest BCUT2D eigenvalue weighted by Crippen LogP contribution is 2.23. The second-order valence-electron chi connectivity index (χ2n) is 2.58. The van der Waals surface area contributed by atoms with Crippen molar-refractivity contribution in [3.8, 4) is 11.5 Å². The van der Waals surface area contributed by atoms with Gasteiger partial charge in [-0.25, -0.2) is 0 Å². The fraction of sp³-hybridized carbons (Fsp3) is 0.300. The molecule has 0 aliphatic rings. The number of benzene rings is 1. The first kappa shape index (κ1) is 10.2. The molecule has 1 rings (SSSR count). The summed E-state index contributed by atoms with van der Waals surface area (Å²) in [6.07, 6.45) is 0.703. The van der Waals surface area contributed by atoms with Gasteiger partial charge in [0.15, 0.2) is 0 Å². The molecule has 2 nitrogen and oxygen atoms in total. The SMILES string of the molecule is COc1cc(C[CH]Cl)cc(OC)c1. The molecule has 0 aromatic heterocycles. The summed E-state index contributed by atoms with van der Waals surface area (Å²) < 4.78 is 10.2. The van der Waals surface area contributed by atoms with Crippen LogP contribution in [0, 0.1) is 5.88 Å². The average Bonchev–Trinajstić information content (AvgIpc) is 2.17.